The molecule has 1 fully saturated rings. The minimum absolute atomic E-state index is 0.142. The van der Waals surface area contributed by atoms with Crippen LogP contribution in [0.5, 0.6) is 5.75 Å². The van der Waals surface area contributed by atoms with Crippen LogP contribution in [0.3, 0.4) is 0 Å². The summed E-state index contributed by atoms with van der Waals surface area (Å²) in [7, 11) is 0. The highest BCUT2D eigenvalue weighted by atomic mass is 35.5. The van der Waals surface area contributed by atoms with Gasteiger partial charge in [-0.3, -0.25) is 15.0 Å². The third kappa shape index (κ3) is 3.66. The van der Waals surface area contributed by atoms with E-state index in [1.165, 1.54) is 18.5 Å². The predicted molar refractivity (Wildman–Crippen MR) is 84.0 cm³/mol. The minimum Gasteiger partial charge on any atom is -0.485 e. The third-order valence-electron chi connectivity index (χ3n) is 3.63. The Morgan fingerprint density at radius 3 is 2.87 bits per heavy atom. The number of nitro benzene ring substituents is 1. The second kappa shape index (κ2) is 7.03. The first kappa shape index (κ1) is 15.9. The Labute approximate surface area is 137 Å². The lowest BCUT2D eigenvalue weighted by Gasteiger charge is -2.26. The fourth-order valence-corrected chi connectivity index (χ4v) is 2.60. The van der Waals surface area contributed by atoms with E-state index in [1.54, 1.807) is 0 Å². The predicted octanol–water partition coefficient (Wildman–Crippen LogP) is 1.90. The van der Waals surface area contributed by atoms with E-state index < -0.39 is 4.92 Å². The molecule has 23 heavy (non-hydrogen) atoms. The molecule has 1 aromatic carbocycles. The van der Waals surface area contributed by atoms with Crippen molar-refractivity contribution in [1.29, 1.82) is 0 Å². The van der Waals surface area contributed by atoms with E-state index in [0.29, 0.717) is 37.3 Å². The standard InChI is InChI=1S/C14H15ClN4O4/c15-14-10-7-12(19(20)21)13(8-11(10)16-9-17-14)23-6-3-18-1-4-22-5-2-18/h7-9H,1-6H2. The van der Waals surface area contributed by atoms with Gasteiger partial charge in [0.15, 0.2) is 5.75 Å². The second-order valence-electron chi connectivity index (χ2n) is 5.06. The fraction of sp³-hybridized carbons (Fsp3) is 0.429. The molecule has 2 heterocycles. The molecule has 0 N–H and O–H groups in total. The SMILES string of the molecule is O=[N+]([O-])c1cc2c(Cl)ncnc2cc1OCCN1CCOCC1. The zero-order valence-corrected chi connectivity index (χ0v) is 13.0. The number of ether oxygens (including phenoxy) is 2. The Morgan fingerprint density at radius 2 is 2.13 bits per heavy atom. The number of hydrogen-bond acceptors (Lipinski definition) is 7. The van der Waals surface area contributed by atoms with Gasteiger partial charge in [0.1, 0.15) is 18.1 Å². The van der Waals surface area contributed by atoms with Gasteiger partial charge in [0.2, 0.25) is 0 Å². The average molecular weight is 339 g/mol. The summed E-state index contributed by atoms with van der Waals surface area (Å²) in [6.07, 6.45) is 1.31. The van der Waals surface area contributed by atoms with Crippen LogP contribution in [0.15, 0.2) is 18.5 Å². The van der Waals surface area contributed by atoms with Crippen LogP contribution in [0.1, 0.15) is 0 Å². The van der Waals surface area contributed by atoms with Crippen LogP contribution in [0.2, 0.25) is 5.15 Å². The van der Waals surface area contributed by atoms with Crippen molar-refractivity contribution in [2.75, 3.05) is 39.5 Å². The molecule has 9 heteroatoms. The highest BCUT2D eigenvalue weighted by Gasteiger charge is 2.19. The third-order valence-corrected chi connectivity index (χ3v) is 3.93. The molecule has 122 valence electrons. The van der Waals surface area contributed by atoms with Crippen LogP contribution >= 0.6 is 11.6 Å². The summed E-state index contributed by atoms with van der Waals surface area (Å²) >= 11 is 5.96. The average Bonchev–Trinajstić information content (AvgIpc) is 2.55. The molecule has 3 rings (SSSR count). The van der Waals surface area contributed by atoms with Crippen molar-refractivity contribution in [3.63, 3.8) is 0 Å². The van der Waals surface area contributed by atoms with Crippen LogP contribution in [0.4, 0.5) is 5.69 Å². The number of nitrogens with zero attached hydrogens (tertiary/aromatic N) is 4. The van der Waals surface area contributed by atoms with Gasteiger partial charge in [-0.05, 0) is 0 Å². The quantitative estimate of drug-likeness (QED) is 0.467. The molecule has 0 radical (unpaired) electrons. The molecule has 0 saturated carbocycles. The molecule has 0 amide bonds. The highest BCUT2D eigenvalue weighted by molar-refractivity contribution is 6.34. The maximum absolute atomic E-state index is 11.3. The lowest BCUT2D eigenvalue weighted by molar-refractivity contribution is -0.385. The Hall–Kier alpha value is -2.03. The molecule has 1 saturated heterocycles. The lowest BCUT2D eigenvalue weighted by atomic mass is 10.2. The molecule has 0 atom stereocenters. The van der Waals surface area contributed by atoms with E-state index >= 15 is 0 Å². The van der Waals surface area contributed by atoms with Gasteiger partial charge in [-0.25, -0.2) is 9.97 Å². The molecule has 0 aliphatic carbocycles. The van der Waals surface area contributed by atoms with Gasteiger partial charge in [0.05, 0.1) is 23.7 Å². The van der Waals surface area contributed by atoms with Crippen LogP contribution in [0, 0.1) is 10.1 Å². The summed E-state index contributed by atoms with van der Waals surface area (Å²) in [4.78, 5) is 20.9. The van der Waals surface area contributed by atoms with E-state index in [0.717, 1.165) is 13.1 Å². The molecule has 0 bridgehead atoms. The normalized spacial score (nSPS) is 15.7. The van der Waals surface area contributed by atoms with Crippen molar-refractivity contribution in [3.8, 4) is 5.75 Å². The van der Waals surface area contributed by atoms with E-state index in [4.69, 9.17) is 21.1 Å². The van der Waals surface area contributed by atoms with Crippen LogP contribution in [0.25, 0.3) is 10.9 Å². The summed E-state index contributed by atoms with van der Waals surface area (Å²) in [5.74, 6) is 0.186. The molecule has 1 aliphatic rings. The molecule has 2 aromatic rings. The largest absolute Gasteiger partial charge is 0.485 e. The van der Waals surface area contributed by atoms with Gasteiger partial charge in [-0.1, -0.05) is 11.6 Å². The first-order valence-corrected chi connectivity index (χ1v) is 7.54. The summed E-state index contributed by atoms with van der Waals surface area (Å²) in [6, 6.07) is 2.88. The van der Waals surface area contributed by atoms with E-state index in [9.17, 15) is 10.1 Å². The second-order valence-corrected chi connectivity index (χ2v) is 5.42. The van der Waals surface area contributed by atoms with Gasteiger partial charge >= 0.3 is 5.69 Å². The number of morpholine rings is 1. The zero-order valence-electron chi connectivity index (χ0n) is 12.3. The van der Waals surface area contributed by atoms with Crippen molar-refractivity contribution >= 4 is 28.2 Å². The lowest BCUT2D eigenvalue weighted by Crippen LogP contribution is -2.38. The van der Waals surface area contributed by atoms with E-state index in [2.05, 4.69) is 14.9 Å². The number of halogens is 1. The Bertz CT molecular complexity index is 721. The van der Waals surface area contributed by atoms with Crippen molar-refractivity contribution in [2.45, 2.75) is 0 Å². The van der Waals surface area contributed by atoms with Gasteiger partial charge in [0, 0.05) is 37.2 Å². The Kier molecular flexibility index (Phi) is 4.85. The first-order valence-electron chi connectivity index (χ1n) is 7.16. The van der Waals surface area contributed by atoms with Gasteiger partial charge in [-0.2, -0.15) is 0 Å². The number of benzene rings is 1. The van der Waals surface area contributed by atoms with E-state index in [1.807, 2.05) is 0 Å². The molecule has 0 spiro atoms. The number of fused-ring (bicyclic) bond motifs is 1. The first-order chi connectivity index (χ1) is 11.1. The molecular formula is C14H15ClN4O4. The van der Waals surface area contributed by atoms with Gasteiger partial charge in [0.25, 0.3) is 0 Å². The van der Waals surface area contributed by atoms with Crippen molar-refractivity contribution in [1.82, 2.24) is 14.9 Å². The molecule has 1 aromatic heterocycles. The van der Waals surface area contributed by atoms with Crippen LogP contribution in [-0.4, -0.2) is 59.2 Å². The van der Waals surface area contributed by atoms with Gasteiger partial charge < -0.3 is 9.47 Å². The Morgan fingerprint density at radius 1 is 1.35 bits per heavy atom. The Balaban J connectivity index is 1.78. The van der Waals surface area contributed by atoms with Crippen LogP contribution in [-0.2, 0) is 4.74 Å². The topological polar surface area (TPSA) is 90.6 Å². The molecule has 8 nitrogen and oxygen atoms in total. The van der Waals surface area contributed by atoms with Crippen molar-refractivity contribution in [2.24, 2.45) is 0 Å². The van der Waals surface area contributed by atoms with Gasteiger partial charge in [-0.15, -0.1) is 0 Å². The fourth-order valence-electron chi connectivity index (χ4n) is 2.41. The van der Waals surface area contributed by atoms with E-state index in [-0.39, 0.29) is 16.6 Å². The van der Waals surface area contributed by atoms with Crippen molar-refractivity contribution in [3.05, 3.63) is 33.7 Å². The maximum Gasteiger partial charge on any atom is 0.311 e. The number of rotatable bonds is 5. The monoisotopic (exact) mass is 338 g/mol. The summed E-state index contributed by atoms with van der Waals surface area (Å²) < 4.78 is 10.9. The number of hydrogen-bond donors (Lipinski definition) is 0. The summed E-state index contributed by atoms with van der Waals surface area (Å²) in [6.45, 7) is 4.11. The van der Waals surface area contributed by atoms with Crippen LogP contribution < -0.4 is 4.74 Å². The summed E-state index contributed by atoms with van der Waals surface area (Å²) in [5, 5.41) is 11.9. The molecule has 0 unspecified atom stereocenters. The summed E-state index contributed by atoms with van der Waals surface area (Å²) in [5.41, 5.74) is 0.369. The number of nitro groups is 1. The molecular weight excluding hydrogens is 324 g/mol. The van der Waals surface area contributed by atoms with Crippen molar-refractivity contribution < 1.29 is 14.4 Å². The zero-order chi connectivity index (χ0) is 16.2. The maximum atomic E-state index is 11.3. The highest BCUT2D eigenvalue weighted by Crippen LogP contribution is 2.33. The molecule has 1 aliphatic heterocycles. The smallest absolute Gasteiger partial charge is 0.311 e. The number of aromatic nitrogens is 2. The minimum atomic E-state index is -0.493.